The maximum atomic E-state index is 13.2. The van der Waals surface area contributed by atoms with Gasteiger partial charge in [-0.15, -0.1) is 0 Å². The summed E-state index contributed by atoms with van der Waals surface area (Å²) in [6.07, 6.45) is 2.73. The van der Waals surface area contributed by atoms with Crippen LogP contribution in [0.3, 0.4) is 0 Å². The molecule has 7 nitrogen and oxygen atoms in total. The molecular formula is C19H16FN5O2. The van der Waals surface area contributed by atoms with Crippen LogP contribution in [0.15, 0.2) is 60.9 Å². The van der Waals surface area contributed by atoms with Gasteiger partial charge in [-0.2, -0.15) is 0 Å². The molecule has 0 aliphatic heterocycles. The Bertz CT molecular complexity index is 976. The van der Waals surface area contributed by atoms with Crippen LogP contribution < -0.4 is 16.0 Å². The van der Waals surface area contributed by atoms with Crippen LogP contribution in [0, 0.1) is 5.82 Å². The Morgan fingerprint density at radius 1 is 0.889 bits per heavy atom. The van der Waals surface area contributed by atoms with Crippen molar-refractivity contribution in [2.24, 2.45) is 0 Å². The second-order valence-corrected chi connectivity index (χ2v) is 5.65. The predicted octanol–water partition coefficient (Wildman–Crippen LogP) is 3.57. The van der Waals surface area contributed by atoms with Crippen LogP contribution in [-0.4, -0.2) is 21.8 Å². The Hall–Kier alpha value is -3.81. The molecule has 0 bridgehead atoms. The van der Waals surface area contributed by atoms with E-state index in [4.69, 9.17) is 0 Å². The van der Waals surface area contributed by atoms with Gasteiger partial charge in [0.15, 0.2) is 0 Å². The summed E-state index contributed by atoms with van der Waals surface area (Å²) < 4.78 is 13.2. The van der Waals surface area contributed by atoms with Crippen molar-refractivity contribution < 1.29 is 14.0 Å². The molecule has 27 heavy (non-hydrogen) atoms. The Morgan fingerprint density at radius 3 is 2.19 bits per heavy atom. The molecule has 0 fully saturated rings. The number of benzene rings is 2. The molecule has 0 spiro atoms. The molecule has 0 unspecified atom stereocenters. The summed E-state index contributed by atoms with van der Waals surface area (Å²) in [5, 5.41) is 8.20. The first kappa shape index (κ1) is 18.0. The Kier molecular flexibility index (Phi) is 5.36. The largest absolute Gasteiger partial charge is 0.326 e. The number of carbonyl (C=O) groups excluding carboxylic acids is 2. The fraction of sp³-hybridized carbons (Fsp3) is 0.0526. The quantitative estimate of drug-likeness (QED) is 0.642. The van der Waals surface area contributed by atoms with E-state index in [0.717, 1.165) is 0 Å². The van der Waals surface area contributed by atoms with E-state index in [1.54, 1.807) is 36.4 Å². The minimum absolute atomic E-state index is 0.201. The number of aromatic nitrogens is 2. The predicted molar refractivity (Wildman–Crippen MR) is 100 cm³/mol. The molecule has 0 saturated heterocycles. The second-order valence-electron chi connectivity index (χ2n) is 5.65. The van der Waals surface area contributed by atoms with E-state index in [1.807, 2.05) is 0 Å². The molecule has 0 aliphatic rings. The zero-order valence-corrected chi connectivity index (χ0v) is 14.4. The van der Waals surface area contributed by atoms with Gasteiger partial charge in [-0.1, -0.05) is 12.1 Å². The number of hydrogen-bond acceptors (Lipinski definition) is 5. The van der Waals surface area contributed by atoms with Crippen molar-refractivity contribution in [2.75, 3.05) is 16.0 Å². The minimum Gasteiger partial charge on any atom is -0.326 e. The van der Waals surface area contributed by atoms with E-state index in [-0.39, 0.29) is 23.2 Å². The van der Waals surface area contributed by atoms with Gasteiger partial charge in [-0.05, 0) is 36.4 Å². The van der Waals surface area contributed by atoms with Gasteiger partial charge < -0.3 is 16.0 Å². The monoisotopic (exact) mass is 365 g/mol. The zero-order chi connectivity index (χ0) is 19.2. The van der Waals surface area contributed by atoms with Gasteiger partial charge in [0.1, 0.15) is 5.82 Å². The zero-order valence-electron chi connectivity index (χ0n) is 14.4. The molecule has 0 saturated carbocycles. The maximum Gasteiger partial charge on any atom is 0.258 e. The SMILES string of the molecule is CC(=O)Nc1cccc(NC(=O)c2cnc(Nc3cccc(F)c3)nc2)c1. The normalized spacial score (nSPS) is 10.1. The number of hydrogen-bond donors (Lipinski definition) is 3. The highest BCUT2D eigenvalue weighted by molar-refractivity contribution is 6.04. The third-order valence-electron chi connectivity index (χ3n) is 3.44. The number of amides is 2. The van der Waals surface area contributed by atoms with Crippen molar-refractivity contribution >= 4 is 34.8 Å². The van der Waals surface area contributed by atoms with Gasteiger partial charge >= 0.3 is 0 Å². The van der Waals surface area contributed by atoms with Gasteiger partial charge in [0.25, 0.3) is 5.91 Å². The third-order valence-corrected chi connectivity index (χ3v) is 3.44. The summed E-state index contributed by atoms with van der Waals surface area (Å²) in [5.41, 5.74) is 1.85. The molecule has 3 aromatic rings. The van der Waals surface area contributed by atoms with E-state index in [9.17, 15) is 14.0 Å². The first-order valence-corrected chi connectivity index (χ1v) is 8.03. The summed E-state index contributed by atoms with van der Waals surface area (Å²) in [4.78, 5) is 31.5. The highest BCUT2D eigenvalue weighted by Crippen LogP contribution is 2.17. The highest BCUT2D eigenvalue weighted by Gasteiger charge is 2.09. The molecule has 3 N–H and O–H groups in total. The van der Waals surface area contributed by atoms with Gasteiger partial charge in [0.05, 0.1) is 5.56 Å². The van der Waals surface area contributed by atoms with Crippen molar-refractivity contribution in [1.29, 1.82) is 0 Å². The molecule has 1 aromatic heterocycles. The lowest BCUT2D eigenvalue weighted by molar-refractivity contribution is -0.114. The Labute approximate surface area is 154 Å². The molecule has 3 rings (SSSR count). The van der Waals surface area contributed by atoms with Crippen molar-refractivity contribution in [2.45, 2.75) is 6.92 Å². The summed E-state index contributed by atoms with van der Waals surface area (Å²) in [6.45, 7) is 1.40. The summed E-state index contributed by atoms with van der Waals surface area (Å²) in [5.74, 6) is -0.733. The topological polar surface area (TPSA) is 96.0 Å². The molecule has 0 aliphatic carbocycles. The standard InChI is InChI=1S/C19H16FN5O2/c1-12(26)23-16-6-3-7-17(9-16)24-18(27)13-10-21-19(22-11-13)25-15-5-2-4-14(20)8-15/h2-11H,1H3,(H,23,26)(H,24,27)(H,21,22,25). The average Bonchev–Trinajstić information content (AvgIpc) is 2.62. The van der Waals surface area contributed by atoms with Gasteiger partial charge in [-0.25, -0.2) is 14.4 Å². The second kappa shape index (κ2) is 8.05. The van der Waals surface area contributed by atoms with Crippen LogP contribution in [0.1, 0.15) is 17.3 Å². The number of rotatable bonds is 5. The van der Waals surface area contributed by atoms with E-state index in [0.29, 0.717) is 17.1 Å². The van der Waals surface area contributed by atoms with E-state index in [1.165, 1.54) is 31.5 Å². The highest BCUT2D eigenvalue weighted by atomic mass is 19.1. The smallest absolute Gasteiger partial charge is 0.258 e. The summed E-state index contributed by atoms with van der Waals surface area (Å²) in [6, 6.07) is 12.6. The van der Waals surface area contributed by atoms with Crippen molar-refractivity contribution in [3.8, 4) is 0 Å². The minimum atomic E-state index is -0.396. The number of anilines is 4. The molecule has 8 heteroatoms. The van der Waals surface area contributed by atoms with Gasteiger partial charge in [0.2, 0.25) is 11.9 Å². The first-order valence-electron chi connectivity index (χ1n) is 8.03. The molecule has 2 aromatic carbocycles. The van der Waals surface area contributed by atoms with Crippen molar-refractivity contribution in [3.05, 3.63) is 72.3 Å². The number of nitrogens with one attached hydrogen (secondary N) is 3. The lowest BCUT2D eigenvalue weighted by Gasteiger charge is -2.08. The fourth-order valence-electron chi connectivity index (χ4n) is 2.29. The molecular weight excluding hydrogens is 349 g/mol. The summed E-state index contributed by atoms with van der Waals surface area (Å²) in [7, 11) is 0. The van der Waals surface area contributed by atoms with Gasteiger partial charge in [0, 0.05) is 36.4 Å². The Morgan fingerprint density at radius 2 is 1.52 bits per heavy atom. The Balaban J connectivity index is 1.66. The van der Waals surface area contributed by atoms with Crippen LogP contribution in [-0.2, 0) is 4.79 Å². The van der Waals surface area contributed by atoms with Gasteiger partial charge in [-0.3, -0.25) is 9.59 Å². The van der Waals surface area contributed by atoms with E-state index in [2.05, 4.69) is 25.9 Å². The average molecular weight is 365 g/mol. The van der Waals surface area contributed by atoms with Crippen molar-refractivity contribution in [1.82, 2.24) is 9.97 Å². The maximum absolute atomic E-state index is 13.2. The number of carbonyl (C=O) groups is 2. The molecule has 2 amide bonds. The molecule has 136 valence electrons. The fourth-order valence-corrected chi connectivity index (χ4v) is 2.29. The molecule has 0 radical (unpaired) electrons. The van der Waals surface area contributed by atoms with E-state index < -0.39 is 5.91 Å². The van der Waals surface area contributed by atoms with E-state index >= 15 is 0 Å². The van der Waals surface area contributed by atoms with Crippen molar-refractivity contribution in [3.63, 3.8) is 0 Å². The summed E-state index contributed by atoms with van der Waals surface area (Å²) >= 11 is 0. The van der Waals surface area contributed by atoms with Crippen LogP contribution in [0.25, 0.3) is 0 Å². The molecule has 0 atom stereocenters. The van der Waals surface area contributed by atoms with Crippen LogP contribution >= 0.6 is 0 Å². The lowest BCUT2D eigenvalue weighted by atomic mass is 10.2. The lowest BCUT2D eigenvalue weighted by Crippen LogP contribution is -2.13. The first-order chi connectivity index (χ1) is 13.0. The van der Waals surface area contributed by atoms with Crippen LogP contribution in [0.5, 0.6) is 0 Å². The van der Waals surface area contributed by atoms with Crippen LogP contribution in [0.4, 0.5) is 27.4 Å². The molecule has 1 heterocycles. The third kappa shape index (κ3) is 5.08. The number of halogens is 1. The number of nitrogens with zero attached hydrogens (tertiary/aromatic N) is 2. The van der Waals surface area contributed by atoms with Crippen LogP contribution in [0.2, 0.25) is 0 Å².